The van der Waals surface area contributed by atoms with Gasteiger partial charge in [0.05, 0.1) is 11.8 Å². The second kappa shape index (κ2) is 4.77. The van der Waals surface area contributed by atoms with Crippen molar-refractivity contribution >= 4 is 5.69 Å². The molecule has 0 saturated heterocycles. The fourth-order valence-corrected chi connectivity index (χ4v) is 4.13. The lowest BCUT2D eigenvalue weighted by Gasteiger charge is -2.49. The summed E-state index contributed by atoms with van der Waals surface area (Å²) in [6.07, 6.45) is 2.53. The maximum Gasteiger partial charge on any atom is 0.146 e. The summed E-state index contributed by atoms with van der Waals surface area (Å²) >= 11 is 0. The molecule has 1 N–H and O–H groups in total. The summed E-state index contributed by atoms with van der Waals surface area (Å²) in [6.45, 7) is 8.73. The van der Waals surface area contributed by atoms with Gasteiger partial charge in [0.25, 0.3) is 0 Å². The van der Waals surface area contributed by atoms with Crippen LogP contribution < -0.4 is 5.32 Å². The van der Waals surface area contributed by atoms with Gasteiger partial charge in [-0.3, -0.25) is 0 Å². The summed E-state index contributed by atoms with van der Waals surface area (Å²) in [7, 11) is 0. The number of nitrogens with zero attached hydrogens (tertiary/aromatic N) is 1. The van der Waals surface area contributed by atoms with Crippen LogP contribution in [0.5, 0.6) is 0 Å². The van der Waals surface area contributed by atoms with Crippen molar-refractivity contribution in [3.63, 3.8) is 0 Å². The minimum atomic E-state index is -0.701. The molecule has 0 unspecified atom stereocenters. The predicted octanol–water partition coefficient (Wildman–Crippen LogP) is 4.74. The molecule has 0 amide bonds. The molecule has 20 heavy (non-hydrogen) atoms. The standard InChI is InChI=1S/C17H23FN2/c1-15(2)9-16(3,4)11-17(10-15,12-19)20-14-8-6-5-7-13(14)18/h5-8,20H,9-11H2,1-4H3. The summed E-state index contributed by atoms with van der Waals surface area (Å²) in [5.74, 6) is -0.302. The van der Waals surface area contributed by atoms with Crippen LogP contribution in [0, 0.1) is 28.0 Å². The number of hydrogen-bond donors (Lipinski definition) is 1. The fourth-order valence-electron chi connectivity index (χ4n) is 4.13. The maximum atomic E-state index is 13.9. The number of rotatable bonds is 2. The molecule has 0 aromatic heterocycles. The molecule has 1 aliphatic rings. The molecule has 3 heteroatoms. The Morgan fingerprint density at radius 3 is 2.10 bits per heavy atom. The van der Waals surface area contributed by atoms with Gasteiger partial charge in [0.1, 0.15) is 11.4 Å². The third kappa shape index (κ3) is 3.12. The number of anilines is 1. The topological polar surface area (TPSA) is 35.8 Å². The van der Waals surface area contributed by atoms with Crippen LogP contribution in [0.2, 0.25) is 0 Å². The van der Waals surface area contributed by atoms with E-state index in [4.69, 9.17) is 0 Å². The first kappa shape index (κ1) is 14.8. The normalized spacial score (nSPS) is 22.8. The first-order valence-corrected chi connectivity index (χ1v) is 7.11. The van der Waals surface area contributed by atoms with Crippen molar-refractivity contribution in [3.05, 3.63) is 30.1 Å². The lowest BCUT2D eigenvalue weighted by molar-refractivity contribution is 0.0810. The van der Waals surface area contributed by atoms with E-state index in [9.17, 15) is 9.65 Å². The lowest BCUT2D eigenvalue weighted by atomic mass is 9.58. The summed E-state index contributed by atoms with van der Waals surface area (Å²) in [5.41, 5.74) is -0.151. The quantitative estimate of drug-likeness (QED) is 0.845. The number of hydrogen-bond acceptors (Lipinski definition) is 2. The van der Waals surface area contributed by atoms with Crippen molar-refractivity contribution < 1.29 is 4.39 Å². The second-order valence-corrected chi connectivity index (χ2v) is 7.66. The van der Waals surface area contributed by atoms with Gasteiger partial charge in [-0.1, -0.05) is 39.8 Å². The molecule has 0 heterocycles. The van der Waals surface area contributed by atoms with Crippen molar-refractivity contribution in [2.75, 3.05) is 5.32 Å². The fraction of sp³-hybridized carbons (Fsp3) is 0.588. The first-order chi connectivity index (χ1) is 9.17. The van der Waals surface area contributed by atoms with Gasteiger partial charge < -0.3 is 5.32 Å². The van der Waals surface area contributed by atoms with Crippen molar-refractivity contribution in [1.82, 2.24) is 0 Å². The Bertz CT molecular complexity index is 524. The molecule has 0 aliphatic heterocycles. The number of halogens is 1. The third-order valence-electron chi connectivity index (χ3n) is 3.98. The zero-order valence-corrected chi connectivity index (χ0v) is 12.8. The first-order valence-electron chi connectivity index (χ1n) is 7.11. The molecule has 0 spiro atoms. The summed E-state index contributed by atoms with van der Waals surface area (Å²) in [4.78, 5) is 0. The minimum absolute atomic E-state index is 0.0652. The molecular weight excluding hydrogens is 251 g/mol. The highest BCUT2D eigenvalue weighted by Gasteiger charge is 2.48. The van der Waals surface area contributed by atoms with E-state index < -0.39 is 5.54 Å². The van der Waals surface area contributed by atoms with Gasteiger partial charge in [-0.15, -0.1) is 0 Å². The highest BCUT2D eigenvalue weighted by molar-refractivity contribution is 5.49. The number of benzene rings is 1. The van der Waals surface area contributed by atoms with Crippen LogP contribution in [0.15, 0.2) is 24.3 Å². The molecular formula is C17H23FN2. The van der Waals surface area contributed by atoms with Crippen molar-refractivity contribution in [1.29, 1.82) is 5.26 Å². The smallest absolute Gasteiger partial charge is 0.146 e. The molecule has 0 bridgehead atoms. The van der Waals surface area contributed by atoms with Gasteiger partial charge in [0.2, 0.25) is 0 Å². The van der Waals surface area contributed by atoms with Crippen LogP contribution in [0.25, 0.3) is 0 Å². The van der Waals surface area contributed by atoms with E-state index in [0.29, 0.717) is 5.69 Å². The Kier molecular flexibility index (Phi) is 3.54. The number of nitriles is 1. The third-order valence-corrected chi connectivity index (χ3v) is 3.98. The summed E-state index contributed by atoms with van der Waals surface area (Å²) < 4.78 is 13.9. The van der Waals surface area contributed by atoms with Crippen LogP contribution in [0.4, 0.5) is 10.1 Å². The largest absolute Gasteiger partial charge is 0.365 e. The Balaban J connectivity index is 2.35. The van der Waals surface area contributed by atoms with Crippen LogP contribution in [-0.4, -0.2) is 5.54 Å². The minimum Gasteiger partial charge on any atom is -0.365 e. The van der Waals surface area contributed by atoms with E-state index in [-0.39, 0.29) is 16.6 Å². The number of para-hydroxylation sites is 1. The van der Waals surface area contributed by atoms with Gasteiger partial charge in [-0.25, -0.2) is 4.39 Å². The molecule has 0 radical (unpaired) electrons. The molecule has 1 aliphatic carbocycles. The van der Waals surface area contributed by atoms with Gasteiger partial charge >= 0.3 is 0 Å². The van der Waals surface area contributed by atoms with Crippen LogP contribution in [0.3, 0.4) is 0 Å². The molecule has 1 fully saturated rings. The Morgan fingerprint density at radius 1 is 1.05 bits per heavy atom. The maximum absolute atomic E-state index is 13.9. The zero-order valence-electron chi connectivity index (χ0n) is 12.8. The average molecular weight is 274 g/mol. The highest BCUT2D eigenvalue weighted by Crippen LogP contribution is 2.51. The molecule has 1 saturated carbocycles. The van der Waals surface area contributed by atoms with Crippen LogP contribution in [-0.2, 0) is 0 Å². The SMILES string of the molecule is CC1(C)CC(C)(C)CC(C#N)(Nc2ccccc2F)C1. The average Bonchev–Trinajstić information content (AvgIpc) is 2.28. The summed E-state index contributed by atoms with van der Waals surface area (Å²) in [5, 5.41) is 12.9. The van der Waals surface area contributed by atoms with Gasteiger partial charge in [0, 0.05) is 0 Å². The van der Waals surface area contributed by atoms with Crippen LogP contribution >= 0.6 is 0 Å². The van der Waals surface area contributed by atoms with E-state index in [2.05, 4.69) is 39.1 Å². The molecule has 2 rings (SSSR count). The van der Waals surface area contributed by atoms with Gasteiger partial charge in [-0.05, 0) is 42.2 Å². The predicted molar refractivity (Wildman–Crippen MR) is 79.8 cm³/mol. The Hall–Kier alpha value is -1.56. The lowest BCUT2D eigenvalue weighted by Crippen LogP contribution is -2.50. The molecule has 1 aromatic carbocycles. The second-order valence-electron chi connectivity index (χ2n) is 7.66. The van der Waals surface area contributed by atoms with E-state index in [1.165, 1.54) is 6.07 Å². The molecule has 108 valence electrons. The molecule has 1 aromatic rings. The monoisotopic (exact) mass is 274 g/mol. The van der Waals surface area contributed by atoms with E-state index in [1.54, 1.807) is 18.2 Å². The Morgan fingerprint density at radius 2 is 1.60 bits per heavy atom. The van der Waals surface area contributed by atoms with Crippen molar-refractivity contribution in [2.24, 2.45) is 10.8 Å². The van der Waals surface area contributed by atoms with E-state index in [1.807, 2.05) is 0 Å². The van der Waals surface area contributed by atoms with Crippen molar-refractivity contribution in [2.45, 2.75) is 52.5 Å². The molecule has 2 nitrogen and oxygen atoms in total. The van der Waals surface area contributed by atoms with Crippen LogP contribution in [0.1, 0.15) is 47.0 Å². The number of nitrogens with one attached hydrogen (secondary N) is 1. The van der Waals surface area contributed by atoms with Gasteiger partial charge in [-0.2, -0.15) is 5.26 Å². The molecule has 0 atom stereocenters. The zero-order chi connectivity index (χ0) is 15.0. The Labute approximate surface area is 121 Å². The summed E-state index contributed by atoms with van der Waals surface area (Å²) in [6, 6.07) is 9.00. The highest BCUT2D eigenvalue weighted by atomic mass is 19.1. The van der Waals surface area contributed by atoms with E-state index in [0.717, 1.165) is 19.3 Å². The van der Waals surface area contributed by atoms with Crippen molar-refractivity contribution in [3.8, 4) is 6.07 Å². The van der Waals surface area contributed by atoms with E-state index >= 15 is 0 Å². The van der Waals surface area contributed by atoms with Gasteiger partial charge in [0.15, 0.2) is 0 Å².